The second-order valence-electron chi connectivity index (χ2n) is 6.06. The van der Waals surface area contributed by atoms with E-state index in [0.29, 0.717) is 11.5 Å². The van der Waals surface area contributed by atoms with Gasteiger partial charge in [-0.25, -0.2) is 13.6 Å². The maximum Gasteiger partial charge on any atom is 0.327 e. The van der Waals surface area contributed by atoms with Gasteiger partial charge in [0.1, 0.15) is 12.1 Å². The number of rotatable bonds is 4. The van der Waals surface area contributed by atoms with Gasteiger partial charge in [0.25, 0.3) is 6.43 Å². The third kappa shape index (κ3) is 3.13. The van der Waals surface area contributed by atoms with Crippen molar-refractivity contribution in [1.82, 2.24) is 4.90 Å². The molecule has 2 bridgehead atoms. The van der Waals surface area contributed by atoms with Crippen molar-refractivity contribution < 1.29 is 18.3 Å². The fourth-order valence-corrected chi connectivity index (χ4v) is 3.29. The molecule has 4 rings (SSSR count). The van der Waals surface area contributed by atoms with E-state index in [9.17, 15) is 13.6 Å². The van der Waals surface area contributed by atoms with Crippen molar-refractivity contribution in [3.8, 4) is 0 Å². The van der Waals surface area contributed by atoms with Gasteiger partial charge in [0, 0.05) is 12.1 Å². The number of fused-ring (bicyclic) bond motifs is 3. The number of esters is 1. The molecule has 1 aromatic carbocycles. The molecule has 0 aliphatic carbocycles. The highest BCUT2D eigenvalue weighted by Crippen LogP contribution is 2.30. The Labute approximate surface area is 128 Å². The number of hydrogen-bond acceptors (Lipinski definition) is 4. The lowest BCUT2D eigenvalue weighted by Gasteiger charge is -2.44. The summed E-state index contributed by atoms with van der Waals surface area (Å²) in [5.41, 5.74) is 6.12. The van der Waals surface area contributed by atoms with Crippen LogP contribution in [-0.4, -0.2) is 36.6 Å². The molecule has 3 fully saturated rings. The van der Waals surface area contributed by atoms with E-state index >= 15 is 0 Å². The van der Waals surface area contributed by atoms with Gasteiger partial charge in [-0.3, -0.25) is 4.90 Å². The average molecular weight is 310 g/mol. The smallest absolute Gasteiger partial charge is 0.327 e. The summed E-state index contributed by atoms with van der Waals surface area (Å²) < 4.78 is 31.0. The Balaban J connectivity index is 1.65. The second kappa shape index (κ2) is 6.30. The van der Waals surface area contributed by atoms with Crippen LogP contribution in [0.3, 0.4) is 0 Å². The van der Waals surface area contributed by atoms with Crippen LogP contribution in [0.5, 0.6) is 0 Å². The van der Waals surface area contributed by atoms with E-state index in [1.807, 2.05) is 0 Å². The minimum Gasteiger partial charge on any atom is -0.459 e. The number of hydrogen-bond donors (Lipinski definition) is 1. The van der Waals surface area contributed by atoms with Crippen LogP contribution in [0.1, 0.15) is 36.4 Å². The number of nitrogens with zero attached hydrogens (tertiary/aromatic N) is 1. The third-order valence-corrected chi connectivity index (χ3v) is 4.64. The SMILES string of the molecule is NC(C(=O)OC1CN2CCC1CC2)c1cccc(C(F)F)c1. The predicted octanol–water partition coefficient (Wildman–Crippen LogP) is 2.26. The number of alkyl halides is 2. The van der Waals surface area contributed by atoms with Crippen LogP contribution in [0, 0.1) is 5.92 Å². The lowest BCUT2D eigenvalue weighted by atomic mass is 9.86. The summed E-state index contributed by atoms with van der Waals surface area (Å²) in [5.74, 6) is -0.140. The summed E-state index contributed by atoms with van der Waals surface area (Å²) in [7, 11) is 0. The lowest BCUT2D eigenvalue weighted by Crippen LogP contribution is -2.52. The molecule has 3 heterocycles. The zero-order valence-electron chi connectivity index (χ0n) is 12.3. The van der Waals surface area contributed by atoms with Crippen molar-refractivity contribution in [2.75, 3.05) is 19.6 Å². The van der Waals surface area contributed by atoms with Crippen LogP contribution < -0.4 is 5.73 Å². The van der Waals surface area contributed by atoms with Crippen LogP contribution >= 0.6 is 0 Å². The maximum atomic E-state index is 12.7. The van der Waals surface area contributed by atoms with Gasteiger partial charge < -0.3 is 10.5 Å². The number of piperidine rings is 3. The highest BCUT2D eigenvalue weighted by atomic mass is 19.3. The van der Waals surface area contributed by atoms with Crippen LogP contribution in [0.15, 0.2) is 24.3 Å². The van der Waals surface area contributed by atoms with E-state index in [-0.39, 0.29) is 11.7 Å². The number of benzene rings is 1. The van der Waals surface area contributed by atoms with Crippen LogP contribution in [0.4, 0.5) is 8.78 Å². The Morgan fingerprint density at radius 2 is 1.95 bits per heavy atom. The van der Waals surface area contributed by atoms with Crippen molar-refractivity contribution in [3.63, 3.8) is 0 Å². The zero-order chi connectivity index (χ0) is 15.7. The van der Waals surface area contributed by atoms with E-state index in [0.717, 1.165) is 32.5 Å². The van der Waals surface area contributed by atoms with E-state index < -0.39 is 18.4 Å². The third-order valence-electron chi connectivity index (χ3n) is 4.64. The number of halogens is 2. The van der Waals surface area contributed by atoms with E-state index in [1.165, 1.54) is 18.2 Å². The summed E-state index contributed by atoms with van der Waals surface area (Å²) in [6.45, 7) is 2.86. The minimum atomic E-state index is -2.58. The molecule has 6 heteroatoms. The fourth-order valence-electron chi connectivity index (χ4n) is 3.29. The van der Waals surface area contributed by atoms with Crippen LogP contribution in [-0.2, 0) is 9.53 Å². The first-order valence-electron chi connectivity index (χ1n) is 7.61. The van der Waals surface area contributed by atoms with E-state index in [1.54, 1.807) is 6.07 Å². The molecule has 2 unspecified atom stereocenters. The topological polar surface area (TPSA) is 55.6 Å². The van der Waals surface area contributed by atoms with Crippen LogP contribution in [0.2, 0.25) is 0 Å². The van der Waals surface area contributed by atoms with Crippen molar-refractivity contribution >= 4 is 5.97 Å². The Bertz CT molecular complexity index is 545. The lowest BCUT2D eigenvalue weighted by molar-refractivity contribution is -0.160. The Hall–Kier alpha value is -1.53. The van der Waals surface area contributed by atoms with Crippen molar-refractivity contribution in [2.24, 2.45) is 11.7 Å². The van der Waals surface area contributed by atoms with Crippen molar-refractivity contribution in [1.29, 1.82) is 0 Å². The summed E-state index contributed by atoms with van der Waals surface area (Å²) >= 11 is 0. The van der Waals surface area contributed by atoms with Crippen LogP contribution in [0.25, 0.3) is 0 Å². The normalized spacial score (nSPS) is 28.6. The Morgan fingerprint density at radius 1 is 1.27 bits per heavy atom. The van der Waals surface area contributed by atoms with Gasteiger partial charge in [-0.15, -0.1) is 0 Å². The van der Waals surface area contributed by atoms with Gasteiger partial charge in [0.05, 0.1) is 0 Å². The molecule has 1 aromatic rings. The van der Waals surface area contributed by atoms with E-state index in [2.05, 4.69) is 4.90 Å². The second-order valence-corrected chi connectivity index (χ2v) is 6.06. The molecular weight excluding hydrogens is 290 g/mol. The number of carbonyl (C=O) groups excluding carboxylic acids is 1. The minimum absolute atomic E-state index is 0.126. The first-order valence-corrected chi connectivity index (χ1v) is 7.61. The fraction of sp³-hybridized carbons (Fsp3) is 0.562. The summed E-state index contributed by atoms with van der Waals surface area (Å²) in [4.78, 5) is 14.5. The van der Waals surface area contributed by atoms with Crippen molar-refractivity contribution in [3.05, 3.63) is 35.4 Å². The molecule has 2 atom stereocenters. The van der Waals surface area contributed by atoms with Gasteiger partial charge in [-0.05, 0) is 43.5 Å². The van der Waals surface area contributed by atoms with Gasteiger partial charge >= 0.3 is 5.97 Å². The molecule has 3 aliphatic heterocycles. The Kier molecular flexibility index (Phi) is 4.40. The van der Waals surface area contributed by atoms with Crippen molar-refractivity contribution in [2.45, 2.75) is 31.4 Å². The number of nitrogens with two attached hydrogens (primary N) is 1. The standard InChI is InChI=1S/C16H20F2N2O2/c17-15(18)12-3-1-2-11(8-12)14(19)16(21)22-13-9-20-6-4-10(13)5-7-20/h1-3,8,10,13-15H,4-7,9,19H2. The summed E-state index contributed by atoms with van der Waals surface area (Å²) in [5, 5.41) is 0. The van der Waals surface area contributed by atoms with Gasteiger partial charge in [0.15, 0.2) is 0 Å². The summed E-state index contributed by atoms with van der Waals surface area (Å²) in [6.07, 6.45) is -0.633. The molecule has 3 saturated heterocycles. The molecule has 3 aliphatic rings. The molecule has 0 radical (unpaired) electrons. The largest absolute Gasteiger partial charge is 0.459 e. The first-order chi connectivity index (χ1) is 10.5. The molecule has 120 valence electrons. The molecular formula is C16H20F2N2O2. The van der Waals surface area contributed by atoms with Gasteiger partial charge in [-0.2, -0.15) is 0 Å². The molecule has 0 saturated carbocycles. The number of ether oxygens (including phenoxy) is 1. The molecule has 0 spiro atoms. The quantitative estimate of drug-likeness (QED) is 0.867. The highest BCUT2D eigenvalue weighted by Gasteiger charge is 2.37. The molecule has 0 aromatic heterocycles. The first kappa shape index (κ1) is 15.4. The van der Waals surface area contributed by atoms with Gasteiger partial charge in [0.2, 0.25) is 0 Å². The maximum absolute atomic E-state index is 12.7. The molecule has 4 nitrogen and oxygen atoms in total. The summed E-state index contributed by atoms with van der Waals surface area (Å²) in [6, 6.07) is 4.63. The highest BCUT2D eigenvalue weighted by molar-refractivity contribution is 5.77. The number of carbonyl (C=O) groups is 1. The Morgan fingerprint density at radius 3 is 2.55 bits per heavy atom. The van der Waals surface area contributed by atoms with E-state index in [4.69, 9.17) is 10.5 Å². The average Bonchev–Trinajstić information content (AvgIpc) is 2.55. The predicted molar refractivity (Wildman–Crippen MR) is 77.4 cm³/mol. The monoisotopic (exact) mass is 310 g/mol. The molecule has 0 amide bonds. The zero-order valence-corrected chi connectivity index (χ0v) is 12.3. The van der Waals surface area contributed by atoms with Gasteiger partial charge in [-0.1, -0.05) is 18.2 Å². The molecule has 2 N–H and O–H groups in total. The molecule has 22 heavy (non-hydrogen) atoms.